The first kappa shape index (κ1) is 29.4. The average molecular weight is 467 g/mol. The molecular weight excluding hydrogens is 418 g/mol. The van der Waals surface area contributed by atoms with E-state index in [1.165, 1.54) is 7.11 Å². The topological polar surface area (TPSA) is 91.4 Å². The summed E-state index contributed by atoms with van der Waals surface area (Å²) >= 11 is 0. The van der Waals surface area contributed by atoms with Crippen LogP contribution in [-0.4, -0.2) is 45.7 Å². The number of carbonyl (C=O) groups excluding carboxylic acids is 1. The predicted octanol–water partition coefficient (Wildman–Crippen LogP) is 4.07. The van der Waals surface area contributed by atoms with Crippen LogP contribution >= 0.6 is 0 Å². The van der Waals surface area contributed by atoms with Crippen LogP contribution in [0.3, 0.4) is 0 Å². The SMILES string of the molecule is CC1(C)CC(O)CC(C)(C)[NH+]1O.COC(=O)CCc1cc(C(C)(C)C)c(O)c(C(C)(C)C)c1. The van der Waals surface area contributed by atoms with Crippen LogP contribution in [0.25, 0.3) is 0 Å². The number of aromatic hydroxyl groups is 1. The lowest BCUT2D eigenvalue weighted by Gasteiger charge is -2.45. The number of quaternary nitrogens is 1. The van der Waals surface area contributed by atoms with Gasteiger partial charge in [-0.05, 0) is 61.6 Å². The first-order valence-corrected chi connectivity index (χ1v) is 11.9. The zero-order chi connectivity index (χ0) is 26.0. The lowest BCUT2D eigenvalue weighted by molar-refractivity contribution is -1.16. The molecule has 1 heterocycles. The average Bonchev–Trinajstić information content (AvgIpc) is 2.62. The largest absolute Gasteiger partial charge is 0.507 e. The molecule has 1 saturated heterocycles. The molecule has 0 aromatic heterocycles. The first-order chi connectivity index (χ1) is 14.7. The van der Waals surface area contributed by atoms with E-state index in [4.69, 9.17) is 4.74 Å². The summed E-state index contributed by atoms with van der Waals surface area (Å²) in [5.74, 6) is 0.162. The van der Waals surface area contributed by atoms with Crippen molar-refractivity contribution in [2.24, 2.45) is 0 Å². The molecule has 190 valence electrons. The van der Waals surface area contributed by atoms with E-state index in [0.29, 0.717) is 36.5 Å². The van der Waals surface area contributed by atoms with Gasteiger partial charge in [0.05, 0.1) is 13.2 Å². The Morgan fingerprint density at radius 1 is 1.00 bits per heavy atom. The zero-order valence-electron chi connectivity index (χ0n) is 22.7. The van der Waals surface area contributed by atoms with E-state index in [0.717, 1.165) is 16.7 Å². The maximum atomic E-state index is 11.3. The van der Waals surface area contributed by atoms with Gasteiger partial charge in [-0.15, -0.1) is 0 Å². The van der Waals surface area contributed by atoms with Crippen LogP contribution in [0, 0.1) is 0 Å². The van der Waals surface area contributed by atoms with Crippen LogP contribution in [-0.2, 0) is 26.8 Å². The first-order valence-electron chi connectivity index (χ1n) is 11.9. The molecular formula is C27H48NO5+. The molecule has 1 aliphatic heterocycles. The van der Waals surface area contributed by atoms with Gasteiger partial charge in [0.1, 0.15) is 16.8 Å². The van der Waals surface area contributed by atoms with Crippen LogP contribution in [0.2, 0.25) is 0 Å². The Balaban J connectivity index is 0.000000383. The number of methoxy groups -OCH3 is 1. The third kappa shape index (κ3) is 7.97. The van der Waals surface area contributed by atoms with Crippen molar-refractivity contribution in [3.05, 3.63) is 28.8 Å². The standard InChI is InChI=1S/C18H28O3.C9H19NO2/c1-17(2,3)13-10-12(8-9-15(19)21-7)11-14(16(13)20)18(4,5)6;1-8(2)5-7(11)6-9(3,4)10(8)12/h10-11,20H,8-9H2,1-7H3;7,11-12H,5-6H2,1-4H3/p+1. The minimum absolute atomic E-state index is 0.147. The van der Waals surface area contributed by atoms with Crippen LogP contribution in [0.15, 0.2) is 12.1 Å². The lowest BCUT2D eigenvalue weighted by Crippen LogP contribution is -3.25. The summed E-state index contributed by atoms with van der Waals surface area (Å²) in [4.78, 5) is 11.3. The Hall–Kier alpha value is -1.63. The molecule has 0 radical (unpaired) electrons. The van der Waals surface area contributed by atoms with Gasteiger partial charge in [-0.2, -0.15) is 5.06 Å². The third-order valence-electron chi connectivity index (χ3n) is 6.41. The second-order valence-corrected chi connectivity index (χ2v) is 12.8. The number of esters is 1. The van der Waals surface area contributed by atoms with Crippen LogP contribution in [0.5, 0.6) is 5.75 Å². The number of hydroxylamine groups is 2. The van der Waals surface area contributed by atoms with E-state index in [1.54, 1.807) is 0 Å². The number of benzene rings is 1. The Morgan fingerprint density at radius 2 is 1.39 bits per heavy atom. The normalized spacial score (nSPS) is 22.2. The van der Waals surface area contributed by atoms with E-state index < -0.39 is 0 Å². The number of aliphatic hydroxyl groups excluding tert-OH is 1. The summed E-state index contributed by atoms with van der Waals surface area (Å²) in [7, 11) is 1.40. The highest BCUT2D eigenvalue weighted by Gasteiger charge is 2.49. The van der Waals surface area contributed by atoms with E-state index in [2.05, 4.69) is 41.5 Å². The summed E-state index contributed by atoms with van der Waals surface area (Å²) in [5.41, 5.74) is 2.15. The van der Waals surface area contributed by atoms with Crippen LogP contribution in [0.1, 0.15) is 105 Å². The van der Waals surface area contributed by atoms with Crippen LogP contribution < -0.4 is 5.06 Å². The quantitative estimate of drug-likeness (QED) is 0.504. The molecule has 4 N–H and O–H groups in total. The van der Waals surface area contributed by atoms with Gasteiger partial charge in [0, 0.05) is 19.3 Å². The number of phenols is 1. The molecule has 2 rings (SSSR count). The van der Waals surface area contributed by atoms with Crippen molar-refractivity contribution in [1.82, 2.24) is 0 Å². The van der Waals surface area contributed by atoms with Crippen molar-refractivity contribution in [3.63, 3.8) is 0 Å². The molecule has 0 bridgehead atoms. The summed E-state index contributed by atoms with van der Waals surface area (Å²) in [6.07, 6.45) is 2.05. The Morgan fingerprint density at radius 3 is 1.73 bits per heavy atom. The minimum Gasteiger partial charge on any atom is -0.507 e. The molecule has 1 aliphatic rings. The number of rotatable bonds is 3. The molecule has 0 atom stereocenters. The number of aryl methyl sites for hydroxylation is 1. The van der Waals surface area contributed by atoms with Gasteiger partial charge in [-0.1, -0.05) is 53.7 Å². The van der Waals surface area contributed by atoms with Gasteiger partial charge in [0.2, 0.25) is 0 Å². The molecule has 0 aliphatic carbocycles. The predicted molar refractivity (Wildman–Crippen MR) is 132 cm³/mol. The summed E-state index contributed by atoms with van der Waals surface area (Å²) in [6.45, 7) is 20.4. The Kier molecular flexibility index (Phi) is 9.20. The molecule has 0 amide bonds. The fourth-order valence-electron chi connectivity index (χ4n) is 4.69. The number of hydrogen-bond acceptors (Lipinski definition) is 5. The number of hydrogen-bond donors (Lipinski definition) is 4. The molecule has 0 spiro atoms. The van der Waals surface area contributed by atoms with Gasteiger partial charge in [-0.25, -0.2) is 5.21 Å². The molecule has 1 aromatic rings. The van der Waals surface area contributed by atoms with E-state index in [-0.39, 0.29) is 34.0 Å². The smallest absolute Gasteiger partial charge is 0.305 e. The van der Waals surface area contributed by atoms with Crippen molar-refractivity contribution in [1.29, 1.82) is 0 Å². The van der Waals surface area contributed by atoms with Gasteiger partial charge in [0.15, 0.2) is 0 Å². The van der Waals surface area contributed by atoms with Crippen molar-refractivity contribution in [3.8, 4) is 5.75 Å². The van der Waals surface area contributed by atoms with Gasteiger partial charge < -0.3 is 14.9 Å². The number of piperidine rings is 1. The summed E-state index contributed by atoms with van der Waals surface area (Å²) in [6, 6.07) is 4.01. The lowest BCUT2D eigenvalue weighted by atomic mass is 9.78. The highest BCUT2D eigenvalue weighted by molar-refractivity contribution is 5.69. The Labute approximate surface area is 200 Å². The monoisotopic (exact) mass is 466 g/mol. The van der Waals surface area contributed by atoms with E-state index in [1.807, 2.05) is 39.8 Å². The highest BCUT2D eigenvalue weighted by Crippen LogP contribution is 2.40. The van der Waals surface area contributed by atoms with E-state index >= 15 is 0 Å². The molecule has 0 unspecified atom stereocenters. The van der Waals surface area contributed by atoms with Crippen molar-refractivity contribution in [2.45, 2.75) is 123 Å². The number of nitrogens with one attached hydrogen (secondary N) is 1. The van der Waals surface area contributed by atoms with Gasteiger partial charge in [-0.3, -0.25) is 4.79 Å². The second kappa shape index (κ2) is 10.3. The maximum absolute atomic E-state index is 11.3. The molecule has 0 saturated carbocycles. The fourth-order valence-corrected chi connectivity index (χ4v) is 4.69. The molecule has 1 fully saturated rings. The number of ether oxygens (including phenoxy) is 1. The molecule has 1 aromatic carbocycles. The number of aliphatic hydroxyl groups is 1. The summed E-state index contributed by atoms with van der Waals surface area (Å²) in [5, 5.41) is 30.6. The van der Waals surface area contributed by atoms with Crippen molar-refractivity contribution >= 4 is 5.97 Å². The zero-order valence-corrected chi connectivity index (χ0v) is 22.7. The highest BCUT2D eigenvalue weighted by atomic mass is 16.5. The second-order valence-electron chi connectivity index (χ2n) is 12.8. The molecule has 6 nitrogen and oxygen atoms in total. The summed E-state index contributed by atoms with van der Waals surface area (Å²) < 4.78 is 4.70. The number of carbonyl (C=O) groups is 1. The third-order valence-corrected chi connectivity index (χ3v) is 6.41. The van der Waals surface area contributed by atoms with Crippen molar-refractivity contribution in [2.75, 3.05) is 7.11 Å². The molecule has 6 heteroatoms. The number of phenolic OH excluding ortho intramolecular Hbond substituents is 1. The Bertz CT molecular complexity index is 762. The van der Waals surface area contributed by atoms with Crippen molar-refractivity contribution < 1.29 is 30.0 Å². The van der Waals surface area contributed by atoms with Gasteiger partial charge in [0.25, 0.3) is 0 Å². The fraction of sp³-hybridized carbons (Fsp3) is 0.741. The minimum atomic E-state index is -0.272. The van der Waals surface area contributed by atoms with Crippen LogP contribution in [0.4, 0.5) is 0 Å². The van der Waals surface area contributed by atoms with E-state index in [9.17, 15) is 20.2 Å². The maximum Gasteiger partial charge on any atom is 0.305 e. The molecule has 33 heavy (non-hydrogen) atoms. The van der Waals surface area contributed by atoms with Gasteiger partial charge >= 0.3 is 5.97 Å².